The van der Waals surface area contributed by atoms with Crippen molar-refractivity contribution in [2.45, 2.75) is 45.3 Å². The summed E-state index contributed by atoms with van der Waals surface area (Å²) in [6, 6.07) is 15.4. The van der Waals surface area contributed by atoms with Gasteiger partial charge in [-0.05, 0) is 50.8 Å². The number of rotatable bonds is 10. The topological polar surface area (TPSA) is 21.7 Å². The number of hydrogen-bond acceptors (Lipinski definition) is 3. The van der Waals surface area contributed by atoms with E-state index in [2.05, 4.69) is 82.2 Å². The third-order valence-electron chi connectivity index (χ3n) is 5.07. The molecule has 0 radical (unpaired) electrons. The number of nitrogens with zero attached hydrogens (tertiary/aromatic N) is 1. The fourth-order valence-electron chi connectivity index (χ4n) is 3.52. The van der Waals surface area contributed by atoms with E-state index >= 15 is 0 Å². The summed E-state index contributed by atoms with van der Waals surface area (Å²) in [5.74, 6) is 0.948. The van der Waals surface area contributed by atoms with E-state index in [1.54, 1.807) is 7.11 Å². The molecule has 0 N–H and O–H groups in total. The minimum Gasteiger partial charge on any atom is -0.467 e. The molecule has 4 heteroatoms. The van der Waals surface area contributed by atoms with Crippen LogP contribution in [0.2, 0.25) is 0 Å². The Morgan fingerprint density at radius 3 is 2.37 bits per heavy atom. The lowest BCUT2D eigenvalue weighted by Gasteiger charge is -2.35. The third kappa shape index (κ3) is 5.54. The van der Waals surface area contributed by atoms with Gasteiger partial charge < -0.3 is 14.4 Å². The summed E-state index contributed by atoms with van der Waals surface area (Å²) in [7, 11) is 6.62. The first-order chi connectivity index (χ1) is 13.0. The summed E-state index contributed by atoms with van der Waals surface area (Å²) in [4.78, 5) is 2.24. The highest BCUT2D eigenvalue weighted by Gasteiger charge is 2.32. The van der Waals surface area contributed by atoms with Crippen LogP contribution in [0.15, 0.2) is 42.5 Å². The van der Waals surface area contributed by atoms with Crippen molar-refractivity contribution >= 4 is 13.9 Å². The second-order valence-corrected chi connectivity index (χ2v) is 9.11. The van der Waals surface area contributed by atoms with Gasteiger partial charge in [0.05, 0.1) is 0 Å². The quantitative estimate of drug-likeness (QED) is 0.420. The number of methoxy groups -OCH3 is 1. The molecule has 0 heterocycles. The Hall–Kier alpha value is -1.41. The molecule has 0 aliphatic heterocycles. The van der Waals surface area contributed by atoms with Crippen molar-refractivity contribution in [3.05, 3.63) is 59.2 Å². The van der Waals surface area contributed by atoms with Gasteiger partial charge in [-0.15, -0.1) is 0 Å². The van der Waals surface area contributed by atoms with Crippen molar-refractivity contribution in [3.8, 4) is 5.75 Å². The van der Waals surface area contributed by atoms with E-state index in [0.29, 0.717) is 8.58 Å². The molecule has 0 fully saturated rings. The number of benzene rings is 2. The molecular weight excluding hydrogens is 353 g/mol. The molecule has 27 heavy (non-hydrogen) atoms. The molecule has 0 saturated heterocycles. The maximum absolute atomic E-state index is 5.96. The van der Waals surface area contributed by atoms with E-state index in [4.69, 9.17) is 9.47 Å². The largest absolute Gasteiger partial charge is 0.467 e. The zero-order valence-electron chi connectivity index (χ0n) is 17.6. The molecule has 0 aromatic heterocycles. The second kappa shape index (κ2) is 10.2. The summed E-state index contributed by atoms with van der Waals surface area (Å²) in [5.41, 5.74) is 3.99. The van der Waals surface area contributed by atoms with Crippen LogP contribution in [0, 0.1) is 6.92 Å². The predicted molar refractivity (Wildman–Crippen MR) is 118 cm³/mol. The highest BCUT2D eigenvalue weighted by Crippen LogP contribution is 2.50. The van der Waals surface area contributed by atoms with Gasteiger partial charge in [0.1, 0.15) is 5.75 Å². The summed E-state index contributed by atoms with van der Waals surface area (Å²) in [6.45, 7) is 8.00. The van der Waals surface area contributed by atoms with Gasteiger partial charge in [0.25, 0.3) is 0 Å². The molecular formula is C23H34NO2P. The average Bonchev–Trinajstić information content (AvgIpc) is 2.66. The molecule has 0 spiro atoms. The van der Waals surface area contributed by atoms with E-state index in [0.717, 1.165) is 25.1 Å². The Bertz CT molecular complexity index is 726. The fraction of sp³-hybridized carbons (Fsp3) is 0.478. The Morgan fingerprint density at radius 1 is 1.04 bits per heavy atom. The summed E-state index contributed by atoms with van der Waals surface area (Å²) >= 11 is 0. The van der Waals surface area contributed by atoms with Crippen LogP contribution in [0.25, 0.3) is 0 Å². The number of hydrogen-bond donors (Lipinski definition) is 0. The minimum absolute atomic E-state index is 0.0670. The van der Waals surface area contributed by atoms with Crippen molar-refractivity contribution in [1.29, 1.82) is 0 Å². The molecule has 0 amide bonds. The van der Waals surface area contributed by atoms with Crippen LogP contribution in [0.5, 0.6) is 5.75 Å². The number of aryl methyl sites for hydroxylation is 1. The van der Waals surface area contributed by atoms with Gasteiger partial charge in [-0.1, -0.05) is 64.4 Å². The van der Waals surface area contributed by atoms with Gasteiger partial charge in [0.15, 0.2) is 6.79 Å². The highest BCUT2D eigenvalue weighted by atomic mass is 31.1. The van der Waals surface area contributed by atoms with Gasteiger partial charge in [-0.2, -0.15) is 0 Å². The molecule has 1 atom stereocenters. The van der Waals surface area contributed by atoms with Gasteiger partial charge in [0.2, 0.25) is 0 Å². The molecule has 2 rings (SSSR count). The number of ether oxygens (including phenoxy) is 2. The summed E-state index contributed by atoms with van der Waals surface area (Å²) < 4.78 is 11.1. The molecule has 0 aliphatic rings. The highest BCUT2D eigenvalue weighted by molar-refractivity contribution is 7.48. The third-order valence-corrected chi connectivity index (χ3v) is 7.28. The molecule has 1 unspecified atom stereocenters. The lowest BCUT2D eigenvalue weighted by Crippen LogP contribution is -2.25. The SMILES string of the molecule is CCC(CC)(Pc1ccccc1CN(C)C)c1cc(C)ccc1OCOC. The van der Waals surface area contributed by atoms with Crippen LogP contribution in [0.3, 0.4) is 0 Å². The zero-order chi connectivity index (χ0) is 19.9. The first-order valence-electron chi connectivity index (χ1n) is 9.69. The van der Waals surface area contributed by atoms with Gasteiger partial charge in [-0.25, -0.2) is 0 Å². The van der Waals surface area contributed by atoms with Gasteiger partial charge >= 0.3 is 0 Å². The average molecular weight is 388 g/mol. The van der Waals surface area contributed by atoms with Gasteiger partial charge in [0, 0.05) is 24.4 Å². The smallest absolute Gasteiger partial charge is 0.188 e. The maximum atomic E-state index is 5.96. The van der Waals surface area contributed by atoms with E-state index < -0.39 is 0 Å². The fourth-order valence-corrected chi connectivity index (χ4v) is 5.22. The van der Waals surface area contributed by atoms with Crippen LogP contribution >= 0.6 is 8.58 Å². The van der Waals surface area contributed by atoms with Crippen LogP contribution in [-0.2, 0) is 16.4 Å². The second-order valence-electron chi connectivity index (χ2n) is 7.36. The van der Waals surface area contributed by atoms with Crippen molar-refractivity contribution < 1.29 is 9.47 Å². The molecule has 3 nitrogen and oxygen atoms in total. The van der Waals surface area contributed by atoms with Gasteiger partial charge in [-0.3, -0.25) is 0 Å². The van der Waals surface area contributed by atoms with Crippen molar-refractivity contribution in [2.75, 3.05) is 28.0 Å². The summed E-state index contributed by atoms with van der Waals surface area (Å²) in [6.07, 6.45) is 2.15. The molecule has 148 valence electrons. The van der Waals surface area contributed by atoms with Crippen LogP contribution in [-0.4, -0.2) is 32.9 Å². The van der Waals surface area contributed by atoms with Crippen molar-refractivity contribution in [3.63, 3.8) is 0 Å². The first-order valence-corrected chi connectivity index (χ1v) is 10.7. The Balaban J connectivity index is 2.49. The molecule has 0 saturated carbocycles. The summed E-state index contributed by atoms with van der Waals surface area (Å²) in [5, 5.41) is 1.52. The Labute approximate surface area is 166 Å². The predicted octanol–water partition coefficient (Wildman–Crippen LogP) is 5.06. The van der Waals surface area contributed by atoms with E-state index in [1.165, 1.54) is 22.0 Å². The molecule has 2 aromatic carbocycles. The van der Waals surface area contributed by atoms with Crippen LogP contribution in [0.4, 0.5) is 0 Å². The lowest BCUT2D eigenvalue weighted by molar-refractivity contribution is 0.0499. The monoisotopic (exact) mass is 387 g/mol. The Kier molecular flexibility index (Phi) is 8.28. The lowest BCUT2D eigenvalue weighted by atomic mass is 9.90. The Morgan fingerprint density at radius 2 is 1.74 bits per heavy atom. The van der Waals surface area contributed by atoms with Crippen molar-refractivity contribution in [1.82, 2.24) is 4.90 Å². The molecule has 0 bridgehead atoms. The minimum atomic E-state index is 0.0670. The normalized spacial score (nSPS) is 12.3. The maximum Gasteiger partial charge on any atom is 0.188 e. The van der Waals surface area contributed by atoms with Crippen molar-refractivity contribution in [2.24, 2.45) is 0 Å². The van der Waals surface area contributed by atoms with Crippen LogP contribution in [0.1, 0.15) is 43.4 Å². The van der Waals surface area contributed by atoms with E-state index in [9.17, 15) is 0 Å². The van der Waals surface area contributed by atoms with E-state index in [-0.39, 0.29) is 11.9 Å². The zero-order valence-corrected chi connectivity index (χ0v) is 18.6. The van der Waals surface area contributed by atoms with Crippen LogP contribution < -0.4 is 10.0 Å². The standard InChI is InChI=1S/C23H34NO2P/c1-7-23(8-2,20-15-18(3)13-14-21(20)26-17-25-6)27-22-12-10-9-11-19(22)16-24(4)5/h9-15,27H,7-8,16-17H2,1-6H3. The molecule has 0 aliphatic carbocycles. The first kappa shape index (κ1) is 21.9. The molecule has 2 aromatic rings. The van der Waals surface area contributed by atoms with E-state index in [1.807, 2.05) is 0 Å².